The van der Waals surface area contributed by atoms with Crippen molar-refractivity contribution in [2.75, 3.05) is 0 Å². The molecule has 2 bridgehead atoms. The molecule has 0 radical (unpaired) electrons. The molecule has 1 aromatic heterocycles. The average Bonchev–Trinajstić information content (AvgIpc) is 2.60. The zero-order valence-corrected chi connectivity index (χ0v) is 15.7. The number of hydrogen-bond acceptors (Lipinski definition) is 4. The Hall–Kier alpha value is -1.95. The molecule has 3 rings (SSSR count). The highest BCUT2D eigenvalue weighted by Crippen LogP contribution is 2.39. The molecular formula is C20H30N4O2. The molecule has 4 N–H and O–H groups in total. The van der Waals surface area contributed by atoms with Crippen LogP contribution in [0.4, 0.5) is 0 Å². The highest BCUT2D eigenvalue weighted by Gasteiger charge is 2.41. The number of pyridine rings is 1. The van der Waals surface area contributed by atoms with Gasteiger partial charge >= 0.3 is 0 Å². The fraction of sp³-hybridized carbons (Fsp3) is 0.650. The van der Waals surface area contributed by atoms with Crippen molar-refractivity contribution < 1.29 is 9.59 Å². The highest BCUT2D eigenvalue weighted by atomic mass is 16.2. The summed E-state index contributed by atoms with van der Waals surface area (Å²) in [6, 6.07) is 5.04. The maximum Gasteiger partial charge on any atom is 0.270 e. The van der Waals surface area contributed by atoms with E-state index in [1.165, 1.54) is 6.42 Å². The van der Waals surface area contributed by atoms with Crippen LogP contribution in [0, 0.1) is 17.8 Å². The predicted octanol–water partition coefficient (Wildman–Crippen LogP) is 1.86. The van der Waals surface area contributed by atoms with Crippen molar-refractivity contribution >= 4 is 11.8 Å². The quantitative estimate of drug-likeness (QED) is 0.748. The number of carbonyl (C=O) groups is 2. The Morgan fingerprint density at radius 2 is 1.88 bits per heavy atom. The Labute approximate surface area is 155 Å². The van der Waals surface area contributed by atoms with E-state index in [1.807, 2.05) is 13.8 Å². The van der Waals surface area contributed by atoms with Gasteiger partial charge in [0.25, 0.3) is 5.91 Å². The van der Waals surface area contributed by atoms with Gasteiger partial charge in [0.15, 0.2) is 0 Å². The minimum absolute atomic E-state index is 0.00616. The van der Waals surface area contributed by atoms with Gasteiger partial charge in [0.2, 0.25) is 5.91 Å². The first-order valence-electron chi connectivity index (χ1n) is 9.73. The standard InChI is InChI=1S/C20H30N4O2/c1-12(2)17(23-19(25)16-8-3-4-9-22-16)20(26)24-18-13-6-5-7-14(18)11-15(21)10-13/h3-4,8-9,12-15,17-18H,5-7,10-11,21H2,1-2H3,(H,23,25)(H,24,26). The number of nitrogens with one attached hydrogen (secondary N) is 2. The van der Waals surface area contributed by atoms with Crippen LogP contribution < -0.4 is 16.4 Å². The van der Waals surface area contributed by atoms with E-state index in [9.17, 15) is 9.59 Å². The molecule has 2 amide bonds. The lowest BCUT2D eigenvalue weighted by Gasteiger charge is -2.45. The van der Waals surface area contributed by atoms with Crippen LogP contribution in [0.1, 0.15) is 56.4 Å². The van der Waals surface area contributed by atoms with Crippen molar-refractivity contribution in [2.45, 2.75) is 64.1 Å². The summed E-state index contributed by atoms with van der Waals surface area (Å²) in [7, 11) is 0. The van der Waals surface area contributed by atoms with Crippen molar-refractivity contribution in [3.63, 3.8) is 0 Å². The summed E-state index contributed by atoms with van der Waals surface area (Å²) in [6.45, 7) is 3.89. The largest absolute Gasteiger partial charge is 0.351 e. The number of hydrogen-bond donors (Lipinski definition) is 3. The Kier molecular flexibility index (Phi) is 5.91. The minimum atomic E-state index is -0.569. The third-order valence-corrected chi connectivity index (χ3v) is 5.82. The van der Waals surface area contributed by atoms with Gasteiger partial charge in [-0.15, -0.1) is 0 Å². The number of nitrogens with zero attached hydrogens (tertiary/aromatic N) is 1. The monoisotopic (exact) mass is 358 g/mol. The van der Waals surface area contributed by atoms with E-state index in [4.69, 9.17) is 5.73 Å². The molecule has 2 aliphatic carbocycles. The third-order valence-electron chi connectivity index (χ3n) is 5.82. The minimum Gasteiger partial charge on any atom is -0.351 e. The van der Waals surface area contributed by atoms with Gasteiger partial charge in [-0.3, -0.25) is 14.6 Å². The van der Waals surface area contributed by atoms with Gasteiger partial charge in [-0.2, -0.15) is 0 Å². The lowest BCUT2D eigenvalue weighted by atomic mass is 9.67. The van der Waals surface area contributed by atoms with Crippen LogP contribution in [0.15, 0.2) is 24.4 Å². The van der Waals surface area contributed by atoms with Crippen LogP contribution in [-0.4, -0.2) is 34.9 Å². The number of aromatic nitrogens is 1. The normalized spacial score (nSPS) is 29.1. The molecule has 2 saturated carbocycles. The van der Waals surface area contributed by atoms with Crippen molar-refractivity contribution in [3.8, 4) is 0 Å². The molecule has 1 aromatic rings. The van der Waals surface area contributed by atoms with Crippen LogP contribution in [0.3, 0.4) is 0 Å². The molecule has 0 saturated heterocycles. The predicted molar refractivity (Wildman–Crippen MR) is 100 cm³/mol. The van der Waals surface area contributed by atoms with Crippen molar-refractivity contribution in [3.05, 3.63) is 30.1 Å². The van der Waals surface area contributed by atoms with Crippen LogP contribution in [0.5, 0.6) is 0 Å². The average molecular weight is 358 g/mol. The number of nitrogens with two attached hydrogens (primary N) is 1. The van der Waals surface area contributed by atoms with Crippen molar-refractivity contribution in [1.29, 1.82) is 0 Å². The van der Waals surface area contributed by atoms with Gasteiger partial charge in [-0.05, 0) is 55.6 Å². The Morgan fingerprint density at radius 1 is 1.19 bits per heavy atom. The van der Waals surface area contributed by atoms with Gasteiger partial charge in [0, 0.05) is 18.3 Å². The van der Waals surface area contributed by atoms with E-state index in [1.54, 1.807) is 24.4 Å². The lowest BCUT2D eigenvalue weighted by molar-refractivity contribution is -0.126. The number of amides is 2. The molecule has 0 aromatic carbocycles. The lowest BCUT2D eigenvalue weighted by Crippen LogP contribution is -2.58. The SMILES string of the molecule is CC(C)C(NC(=O)c1ccccn1)C(=O)NC1C2CCCC1CC(N)C2. The van der Waals surface area contributed by atoms with Gasteiger partial charge in [0.1, 0.15) is 11.7 Å². The van der Waals surface area contributed by atoms with E-state index in [0.29, 0.717) is 17.5 Å². The smallest absolute Gasteiger partial charge is 0.270 e. The van der Waals surface area contributed by atoms with Crippen molar-refractivity contribution in [2.24, 2.45) is 23.5 Å². The maximum atomic E-state index is 13.0. The fourth-order valence-corrected chi connectivity index (χ4v) is 4.53. The summed E-state index contributed by atoms with van der Waals surface area (Å²) in [5.74, 6) is 0.502. The van der Waals surface area contributed by atoms with E-state index < -0.39 is 6.04 Å². The van der Waals surface area contributed by atoms with Crippen LogP contribution in [-0.2, 0) is 4.79 Å². The zero-order chi connectivity index (χ0) is 18.7. The molecule has 2 aliphatic rings. The topological polar surface area (TPSA) is 97.1 Å². The molecule has 0 spiro atoms. The first-order chi connectivity index (χ1) is 12.5. The first kappa shape index (κ1) is 18.8. The highest BCUT2D eigenvalue weighted by molar-refractivity contribution is 5.96. The Bertz CT molecular complexity index is 620. The second-order valence-corrected chi connectivity index (χ2v) is 8.13. The first-order valence-corrected chi connectivity index (χ1v) is 9.73. The fourth-order valence-electron chi connectivity index (χ4n) is 4.53. The molecule has 6 nitrogen and oxygen atoms in total. The molecule has 1 heterocycles. The van der Waals surface area contributed by atoms with Gasteiger partial charge in [-0.25, -0.2) is 0 Å². The molecule has 26 heavy (non-hydrogen) atoms. The molecule has 2 fully saturated rings. The molecular weight excluding hydrogens is 328 g/mol. The van der Waals surface area contributed by atoms with E-state index in [0.717, 1.165) is 25.7 Å². The molecule has 142 valence electrons. The van der Waals surface area contributed by atoms with E-state index in [-0.39, 0.29) is 29.8 Å². The summed E-state index contributed by atoms with van der Waals surface area (Å²) in [4.78, 5) is 29.4. The van der Waals surface area contributed by atoms with Crippen LogP contribution in [0.2, 0.25) is 0 Å². The van der Waals surface area contributed by atoms with Crippen LogP contribution in [0.25, 0.3) is 0 Å². The van der Waals surface area contributed by atoms with E-state index >= 15 is 0 Å². The van der Waals surface area contributed by atoms with E-state index in [2.05, 4.69) is 15.6 Å². The Morgan fingerprint density at radius 3 is 2.46 bits per heavy atom. The second-order valence-electron chi connectivity index (χ2n) is 8.13. The molecule has 6 heteroatoms. The number of rotatable bonds is 5. The number of carbonyl (C=O) groups excluding carboxylic acids is 2. The summed E-state index contributed by atoms with van der Waals surface area (Å²) in [5.41, 5.74) is 6.51. The number of fused-ring (bicyclic) bond motifs is 2. The summed E-state index contributed by atoms with van der Waals surface area (Å²) in [5, 5.41) is 6.11. The molecule has 0 aliphatic heterocycles. The summed E-state index contributed by atoms with van der Waals surface area (Å²) in [6.07, 6.45) is 7.01. The van der Waals surface area contributed by atoms with Gasteiger partial charge in [-0.1, -0.05) is 26.3 Å². The summed E-state index contributed by atoms with van der Waals surface area (Å²) >= 11 is 0. The molecule has 3 unspecified atom stereocenters. The van der Waals surface area contributed by atoms with Gasteiger partial charge in [0.05, 0.1) is 0 Å². The van der Waals surface area contributed by atoms with Crippen molar-refractivity contribution in [1.82, 2.24) is 15.6 Å². The summed E-state index contributed by atoms with van der Waals surface area (Å²) < 4.78 is 0. The maximum absolute atomic E-state index is 13.0. The second kappa shape index (κ2) is 8.16. The zero-order valence-electron chi connectivity index (χ0n) is 15.7. The Balaban J connectivity index is 1.66. The van der Waals surface area contributed by atoms with Gasteiger partial charge < -0.3 is 16.4 Å². The van der Waals surface area contributed by atoms with Crippen LogP contribution >= 0.6 is 0 Å². The third kappa shape index (κ3) is 4.23. The molecule has 3 atom stereocenters.